The lowest BCUT2D eigenvalue weighted by atomic mass is 10.1. The highest BCUT2D eigenvalue weighted by molar-refractivity contribution is 5.73. The molecule has 1 N–H and O–H groups in total. The maximum absolute atomic E-state index is 12.8. The maximum Gasteiger partial charge on any atom is 0.416 e. The molecule has 10 heteroatoms. The first-order valence-corrected chi connectivity index (χ1v) is 8.43. The van der Waals surface area contributed by atoms with E-state index in [0.29, 0.717) is 38.1 Å². The van der Waals surface area contributed by atoms with E-state index in [1.54, 1.807) is 0 Å². The minimum Gasteiger partial charge on any atom is -0.490 e. The predicted molar refractivity (Wildman–Crippen MR) is 87.5 cm³/mol. The van der Waals surface area contributed by atoms with Gasteiger partial charge in [0.25, 0.3) is 0 Å². The first kappa shape index (κ1) is 22.9. The average Bonchev–Trinajstić information content (AvgIpc) is 2.61. The molecular weight excluding hydrogens is 378 g/mol. The van der Waals surface area contributed by atoms with E-state index in [0.717, 1.165) is 0 Å². The third-order valence-electron chi connectivity index (χ3n) is 3.81. The van der Waals surface area contributed by atoms with Crippen LogP contribution in [-0.2, 0) is 12.4 Å². The normalized spacial score (nSPS) is 15.7. The largest absolute Gasteiger partial charge is 0.490 e. The lowest BCUT2D eigenvalue weighted by Crippen LogP contribution is -2.45. The molecule has 1 aromatic carbocycles. The lowest BCUT2D eigenvalue weighted by Gasteiger charge is -2.32. The van der Waals surface area contributed by atoms with E-state index in [-0.39, 0.29) is 12.1 Å². The SMILES string of the molecule is CC.CNC(=O)N1CCC(Oc2cc(C(F)(F)F)cc(C(F)(F)F)c2)CC1. The molecule has 1 heterocycles. The van der Waals surface area contributed by atoms with E-state index in [4.69, 9.17) is 4.74 Å². The first-order chi connectivity index (χ1) is 12.5. The molecule has 0 radical (unpaired) electrons. The molecule has 1 aliphatic rings. The van der Waals surface area contributed by atoms with Gasteiger partial charge < -0.3 is 15.0 Å². The molecule has 0 atom stereocenters. The topological polar surface area (TPSA) is 41.6 Å². The van der Waals surface area contributed by atoms with Gasteiger partial charge in [0.15, 0.2) is 0 Å². The Morgan fingerprint density at radius 3 is 1.81 bits per heavy atom. The number of ether oxygens (including phenoxy) is 1. The summed E-state index contributed by atoms with van der Waals surface area (Å²) < 4.78 is 82.2. The number of amides is 2. The average molecular weight is 400 g/mol. The van der Waals surface area contributed by atoms with Gasteiger partial charge in [-0.3, -0.25) is 0 Å². The molecule has 154 valence electrons. The molecule has 1 fully saturated rings. The molecule has 1 saturated heterocycles. The van der Waals surface area contributed by atoms with Gasteiger partial charge in [-0.2, -0.15) is 26.3 Å². The molecule has 0 bridgehead atoms. The van der Waals surface area contributed by atoms with Crippen LogP contribution < -0.4 is 10.1 Å². The molecule has 0 spiro atoms. The second kappa shape index (κ2) is 9.18. The molecule has 1 aliphatic heterocycles. The number of urea groups is 1. The Balaban J connectivity index is 0.00000176. The second-order valence-corrected chi connectivity index (χ2v) is 5.60. The van der Waals surface area contributed by atoms with E-state index in [1.165, 1.54) is 11.9 Å². The monoisotopic (exact) mass is 400 g/mol. The van der Waals surface area contributed by atoms with Crippen LogP contribution in [0.4, 0.5) is 31.1 Å². The number of hydrogen-bond acceptors (Lipinski definition) is 2. The Morgan fingerprint density at radius 1 is 1.00 bits per heavy atom. The van der Waals surface area contributed by atoms with Crippen molar-refractivity contribution < 1.29 is 35.9 Å². The van der Waals surface area contributed by atoms with E-state index in [1.807, 2.05) is 13.8 Å². The Hall–Kier alpha value is -2.13. The number of nitrogens with one attached hydrogen (secondary N) is 1. The van der Waals surface area contributed by atoms with Crippen LogP contribution in [-0.4, -0.2) is 37.2 Å². The van der Waals surface area contributed by atoms with Crippen molar-refractivity contribution in [2.75, 3.05) is 20.1 Å². The van der Waals surface area contributed by atoms with E-state index in [9.17, 15) is 31.1 Å². The van der Waals surface area contributed by atoms with Gasteiger partial charge in [-0.15, -0.1) is 0 Å². The summed E-state index contributed by atoms with van der Waals surface area (Å²) in [4.78, 5) is 13.0. The highest BCUT2D eigenvalue weighted by Gasteiger charge is 2.37. The van der Waals surface area contributed by atoms with Crippen LogP contribution in [0.3, 0.4) is 0 Å². The molecule has 4 nitrogen and oxygen atoms in total. The molecule has 0 aliphatic carbocycles. The molecule has 27 heavy (non-hydrogen) atoms. The van der Waals surface area contributed by atoms with Crippen LogP contribution >= 0.6 is 0 Å². The van der Waals surface area contributed by atoms with Crippen molar-refractivity contribution in [2.45, 2.75) is 45.1 Å². The zero-order valence-corrected chi connectivity index (χ0v) is 15.2. The zero-order chi connectivity index (χ0) is 20.8. The summed E-state index contributed by atoms with van der Waals surface area (Å²) in [6.45, 7) is 4.60. The molecule has 2 rings (SSSR count). The van der Waals surface area contributed by atoms with E-state index < -0.39 is 35.3 Å². The van der Waals surface area contributed by atoms with Crippen LogP contribution in [0.5, 0.6) is 5.75 Å². The van der Waals surface area contributed by atoms with Crippen LogP contribution in [0.25, 0.3) is 0 Å². The Kier molecular flexibility index (Phi) is 7.79. The zero-order valence-electron chi connectivity index (χ0n) is 15.2. The Bertz CT molecular complexity index is 591. The highest BCUT2D eigenvalue weighted by Crippen LogP contribution is 2.38. The first-order valence-electron chi connectivity index (χ1n) is 8.43. The third-order valence-corrected chi connectivity index (χ3v) is 3.81. The third kappa shape index (κ3) is 6.51. The predicted octanol–water partition coefficient (Wildman–Crippen LogP) is 4.93. The fraction of sp³-hybridized carbons (Fsp3) is 0.588. The van der Waals surface area contributed by atoms with Crippen molar-refractivity contribution in [3.63, 3.8) is 0 Å². The molecule has 1 aromatic rings. The Labute approximate surface area is 153 Å². The molecular formula is C17H22F6N2O2. The van der Waals surface area contributed by atoms with Crippen LogP contribution in [0.1, 0.15) is 37.8 Å². The number of benzene rings is 1. The smallest absolute Gasteiger partial charge is 0.416 e. The number of likely N-dealkylation sites (tertiary alicyclic amines) is 1. The number of carbonyl (C=O) groups is 1. The number of rotatable bonds is 2. The van der Waals surface area contributed by atoms with Crippen molar-refractivity contribution in [3.05, 3.63) is 29.3 Å². The molecule has 0 unspecified atom stereocenters. The number of piperidine rings is 1. The van der Waals surface area contributed by atoms with Gasteiger partial charge in [0.2, 0.25) is 0 Å². The number of carbonyl (C=O) groups excluding carboxylic acids is 1. The van der Waals surface area contributed by atoms with Gasteiger partial charge in [0, 0.05) is 33.0 Å². The number of hydrogen-bond donors (Lipinski definition) is 1. The molecule has 2 amide bonds. The van der Waals surface area contributed by atoms with Gasteiger partial charge in [0.05, 0.1) is 11.1 Å². The van der Waals surface area contributed by atoms with Gasteiger partial charge in [-0.05, 0) is 18.2 Å². The van der Waals surface area contributed by atoms with Crippen molar-refractivity contribution in [1.29, 1.82) is 0 Å². The van der Waals surface area contributed by atoms with Gasteiger partial charge in [-0.25, -0.2) is 4.79 Å². The summed E-state index contributed by atoms with van der Waals surface area (Å²) in [5, 5.41) is 2.44. The van der Waals surface area contributed by atoms with Crippen LogP contribution in [0.2, 0.25) is 0 Å². The van der Waals surface area contributed by atoms with Crippen molar-refractivity contribution in [2.24, 2.45) is 0 Å². The highest BCUT2D eigenvalue weighted by atomic mass is 19.4. The summed E-state index contributed by atoms with van der Waals surface area (Å²) in [6, 6.07) is 0.874. The molecule has 0 aromatic heterocycles. The second-order valence-electron chi connectivity index (χ2n) is 5.60. The summed E-state index contributed by atoms with van der Waals surface area (Å²) >= 11 is 0. The van der Waals surface area contributed by atoms with Gasteiger partial charge in [-0.1, -0.05) is 13.8 Å². The number of alkyl halides is 6. The standard InChI is InChI=1S/C15H16F6N2O2.C2H6/c1-22-13(24)23-4-2-11(3-5-23)25-12-7-9(14(16,17)18)6-10(8-12)15(19,20)21;1-2/h6-8,11H,2-5H2,1H3,(H,22,24);1-2H3. The van der Waals surface area contributed by atoms with E-state index in [2.05, 4.69) is 5.32 Å². The minimum absolute atomic E-state index is 0.0566. The lowest BCUT2D eigenvalue weighted by molar-refractivity contribution is -0.143. The summed E-state index contributed by atoms with van der Waals surface area (Å²) in [7, 11) is 1.46. The minimum atomic E-state index is -4.91. The fourth-order valence-corrected chi connectivity index (χ4v) is 2.52. The summed E-state index contributed by atoms with van der Waals surface area (Å²) in [5.41, 5.74) is -2.83. The number of nitrogens with zero attached hydrogens (tertiary/aromatic N) is 1. The summed E-state index contributed by atoms with van der Waals surface area (Å²) in [6.07, 6.45) is -9.77. The van der Waals surface area contributed by atoms with Gasteiger partial charge in [0.1, 0.15) is 11.9 Å². The van der Waals surface area contributed by atoms with E-state index >= 15 is 0 Å². The summed E-state index contributed by atoms with van der Waals surface area (Å²) in [5.74, 6) is -0.486. The van der Waals surface area contributed by atoms with Crippen molar-refractivity contribution in [1.82, 2.24) is 10.2 Å². The van der Waals surface area contributed by atoms with Crippen LogP contribution in [0, 0.1) is 0 Å². The van der Waals surface area contributed by atoms with Crippen molar-refractivity contribution in [3.8, 4) is 5.75 Å². The number of halogens is 6. The quantitative estimate of drug-likeness (QED) is 0.715. The Morgan fingerprint density at radius 2 is 1.44 bits per heavy atom. The molecule has 0 saturated carbocycles. The van der Waals surface area contributed by atoms with Gasteiger partial charge >= 0.3 is 18.4 Å². The fourth-order valence-electron chi connectivity index (χ4n) is 2.52. The van der Waals surface area contributed by atoms with Crippen molar-refractivity contribution >= 4 is 6.03 Å². The van der Waals surface area contributed by atoms with Crippen LogP contribution in [0.15, 0.2) is 18.2 Å². The maximum atomic E-state index is 12.8.